The minimum absolute atomic E-state index is 0.0110. The van der Waals surface area contributed by atoms with E-state index in [1.165, 1.54) is 12.8 Å². The molecule has 0 radical (unpaired) electrons. The Morgan fingerprint density at radius 3 is 2.56 bits per heavy atom. The van der Waals surface area contributed by atoms with E-state index >= 15 is 0 Å². The number of hydrogen-bond acceptors (Lipinski definition) is 4. The van der Waals surface area contributed by atoms with Gasteiger partial charge in [-0.25, -0.2) is 0 Å². The molecule has 0 spiro atoms. The Morgan fingerprint density at radius 2 is 1.88 bits per heavy atom. The number of amides is 2. The summed E-state index contributed by atoms with van der Waals surface area (Å²) in [6.07, 6.45) is 6.44. The highest BCUT2D eigenvalue weighted by molar-refractivity contribution is 6.31. The molecule has 3 aliphatic rings. The zero-order valence-electron chi connectivity index (χ0n) is 19.5. The van der Waals surface area contributed by atoms with Gasteiger partial charge in [-0.3, -0.25) is 14.5 Å². The lowest BCUT2D eigenvalue weighted by molar-refractivity contribution is -0.140. The Labute approximate surface area is 197 Å². The van der Waals surface area contributed by atoms with Crippen LogP contribution in [0.15, 0.2) is 12.1 Å². The molecule has 1 aromatic carbocycles. The van der Waals surface area contributed by atoms with Crippen molar-refractivity contribution in [3.63, 3.8) is 0 Å². The number of carbonyl (C=O) groups excluding carboxylic acids is 2. The maximum Gasteiger partial charge on any atom is 0.228 e. The first-order chi connectivity index (χ1) is 15.4. The van der Waals surface area contributed by atoms with Crippen molar-refractivity contribution in [2.24, 2.45) is 11.8 Å². The van der Waals surface area contributed by atoms with Crippen LogP contribution in [-0.2, 0) is 16.1 Å². The molecule has 1 saturated carbocycles. The lowest BCUT2D eigenvalue weighted by Crippen LogP contribution is -2.54. The maximum atomic E-state index is 12.9. The minimum atomic E-state index is 0.0110. The number of piperazine rings is 1. The summed E-state index contributed by atoms with van der Waals surface area (Å²) in [6.45, 7) is 9.23. The maximum absolute atomic E-state index is 12.9. The van der Waals surface area contributed by atoms with Crippen LogP contribution >= 0.6 is 11.6 Å². The van der Waals surface area contributed by atoms with Crippen molar-refractivity contribution in [2.45, 2.75) is 65.0 Å². The monoisotopic (exact) mass is 460 g/mol. The van der Waals surface area contributed by atoms with Gasteiger partial charge in [-0.2, -0.15) is 0 Å². The third-order valence-corrected chi connectivity index (χ3v) is 7.72. The van der Waals surface area contributed by atoms with Crippen LogP contribution < -0.4 is 10.6 Å². The van der Waals surface area contributed by atoms with E-state index in [2.05, 4.69) is 34.3 Å². The molecule has 32 heavy (non-hydrogen) atoms. The van der Waals surface area contributed by atoms with Crippen molar-refractivity contribution in [1.29, 1.82) is 0 Å². The van der Waals surface area contributed by atoms with Crippen molar-refractivity contribution in [3.8, 4) is 0 Å². The average Bonchev–Trinajstić information content (AvgIpc) is 3.32. The Hall–Kier alpha value is -1.63. The summed E-state index contributed by atoms with van der Waals surface area (Å²) in [4.78, 5) is 30.1. The molecule has 1 aliphatic carbocycles. The van der Waals surface area contributed by atoms with E-state index < -0.39 is 0 Å². The number of hydrogen-bond donors (Lipinski definition) is 2. The molecule has 176 valence electrons. The average molecular weight is 461 g/mol. The van der Waals surface area contributed by atoms with E-state index in [9.17, 15) is 9.59 Å². The predicted octanol–water partition coefficient (Wildman–Crippen LogP) is 3.81. The highest BCUT2D eigenvalue weighted by Gasteiger charge is 2.33. The molecular weight excluding hydrogens is 424 g/mol. The molecule has 6 nitrogen and oxygen atoms in total. The molecule has 2 saturated heterocycles. The predicted molar refractivity (Wildman–Crippen MR) is 129 cm³/mol. The molecule has 1 aromatic rings. The molecule has 0 bridgehead atoms. The standard InChI is InChI=1S/C25H37ClN4O2/c1-17-15-29(10-11-30(17)25(32)19-6-3-4-7-19)16-21-12-22(26)13-23(18(21)2)28-24(31)20-8-5-9-27-14-20/h12-13,17,19-20,27H,3-11,14-16H2,1-2H3,(H,28,31)/t17-,20?/m0/s1. The van der Waals surface area contributed by atoms with Gasteiger partial charge in [0.05, 0.1) is 5.92 Å². The summed E-state index contributed by atoms with van der Waals surface area (Å²) in [5.41, 5.74) is 3.02. The van der Waals surface area contributed by atoms with E-state index in [1.807, 2.05) is 12.1 Å². The normalized spacial score (nSPS) is 25.2. The number of nitrogens with zero attached hydrogens (tertiary/aromatic N) is 2. The lowest BCUT2D eigenvalue weighted by Gasteiger charge is -2.41. The molecule has 4 rings (SSSR count). The number of anilines is 1. The molecule has 0 aromatic heterocycles. The molecule has 2 atom stereocenters. The van der Waals surface area contributed by atoms with Gasteiger partial charge in [-0.15, -0.1) is 0 Å². The first kappa shape index (κ1) is 23.5. The molecule has 7 heteroatoms. The smallest absolute Gasteiger partial charge is 0.228 e. The minimum Gasteiger partial charge on any atom is -0.337 e. The van der Waals surface area contributed by atoms with Crippen molar-refractivity contribution in [3.05, 3.63) is 28.3 Å². The third kappa shape index (κ3) is 5.46. The summed E-state index contributed by atoms with van der Waals surface area (Å²) >= 11 is 6.44. The quantitative estimate of drug-likeness (QED) is 0.701. The molecular formula is C25H37ClN4O2. The number of halogens is 1. The van der Waals surface area contributed by atoms with Crippen molar-refractivity contribution < 1.29 is 9.59 Å². The van der Waals surface area contributed by atoms with Gasteiger partial charge in [0, 0.05) is 55.4 Å². The van der Waals surface area contributed by atoms with Gasteiger partial charge < -0.3 is 15.5 Å². The van der Waals surface area contributed by atoms with Crippen molar-refractivity contribution >= 4 is 29.1 Å². The fourth-order valence-electron chi connectivity index (χ4n) is 5.49. The van der Waals surface area contributed by atoms with Gasteiger partial charge in [-0.05, 0) is 69.3 Å². The highest BCUT2D eigenvalue weighted by Crippen LogP contribution is 2.30. The third-order valence-electron chi connectivity index (χ3n) is 7.50. The summed E-state index contributed by atoms with van der Waals surface area (Å²) in [7, 11) is 0. The number of nitrogens with one attached hydrogen (secondary N) is 2. The fourth-order valence-corrected chi connectivity index (χ4v) is 5.73. The summed E-state index contributed by atoms with van der Waals surface area (Å²) in [6, 6.07) is 4.08. The van der Waals surface area contributed by atoms with Crippen LogP contribution in [0.25, 0.3) is 0 Å². The summed E-state index contributed by atoms with van der Waals surface area (Å²) < 4.78 is 0. The van der Waals surface area contributed by atoms with Crippen LogP contribution in [0.1, 0.15) is 56.6 Å². The Kier molecular flexibility index (Phi) is 7.74. The van der Waals surface area contributed by atoms with Gasteiger partial charge in [-0.1, -0.05) is 24.4 Å². The van der Waals surface area contributed by atoms with Crippen LogP contribution in [0.4, 0.5) is 5.69 Å². The summed E-state index contributed by atoms with van der Waals surface area (Å²) in [5, 5.41) is 7.07. The highest BCUT2D eigenvalue weighted by atomic mass is 35.5. The lowest BCUT2D eigenvalue weighted by atomic mass is 9.98. The van der Waals surface area contributed by atoms with Gasteiger partial charge in [0.25, 0.3) is 0 Å². The number of piperidine rings is 1. The summed E-state index contributed by atoms with van der Waals surface area (Å²) in [5.74, 6) is 0.679. The molecule has 2 aliphatic heterocycles. The van der Waals surface area contributed by atoms with Crippen LogP contribution in [0.5, 0.6) is 0 Å². The molecule has 2 N–H and O–H groups in total. The van der Waals surface area contributed by atoms with Gasteiger partial charge >= 0.3 is 0 Å². The number of rotatable bonds is 5. The largest absolute Gasteiger partial charge is 0.337 e. The van der Waals surface area contributed by atoms with Gasteiger partial charge in [0.15, 0.2) is 0 Å². The second kappa shape index (κ2) is 10.5. The Balaban J connectivity index is 1.38. The number of benzene rings is 1. The first-order valence-electron chi connectivity index (χ1n) is 12.3. The Bertz CT molecular complexity index is 833. The second-order valence-electron chi connectivity index (χ2n) is 9.87. The van der Waals surface area contributed by atoms with Gasteiger partial charge in [0.2, 0.25) is 11.8 Å². The van der Waals surface area contributed by atoms with Crippen LogP contribution in [0, 0.1) is 18.8 Å². The van der Waals surface area contributed by atoms with E-state index in [1.54, 1.807) is 0 Å². The molecule has 3 fully saturated rings. The second-order valence-corrected chi connectivity index (χ2v) is 10.3. The van der Waals surface area contributed by atoms with E-state index in [-0.39, 0.29) is 23.8 Å². The first-order valence-corrected chi connectivity index (χ1v) is 12.6. The SMILES string of the molecule is Cc1c(CN2CCN(C(=O)C3CCCC3)[C@@H](C)C2)cc(Cl)cc1NC(=O)C1CCCNC1. The zero-order chi connectivity index (χ0) is 22.7. The van der Waals surface area contributed by atoms with Crippen LogP contribution in [0.2, 0.25) is 5.02 Å². The van der Waals surface area contributed by atoms with Crippen molar-refractivity contribution in [1.82, 2.24) is 15.1 Å². The fraction of sp³-hybridized carbons (Fsp3) is 0.680. The van der Waals surface area contributed by atoms with E-state index in [4.69, 9.17) is 11.6 Å². The number of carbonyl (C=O) groups is 2. The zero-order valence-corrected chi connectivity index (χ0v) is 20.2. The van der Waals surface area contributed by atoms with Crippen LogP contribution in [0.3, 0.4) is 0 Å². The van der Waals surface area contributed by atoms with Crippen LogP contribution in [-0.4, -0.2) is 60.4 Å². The molecule has 2 heterocycles. The van der Waals surface area contributed by atoms with Gasteiger partial charge in [0.1, 0.15) is 0 Å². The topological polar surface area (TPSA) is 64.7 Å². The Morgan fingerprint density at radius 1 is 1.12 bits per heavy atom. The van der Waals surface area contributed by atoms with E-state index in [0.717, 1.165) is 81.8 Å². The van der Waals surface area contributed by atoms with Crippen molar-refractivity contribution in [2.75, 3.05) is 38.0 Å². The molecule has 2 amide bonds. The molecule has 1 unspecified atom stereocenters. The van der Waals surface area contributed by atoms with E-state index in [0.29, 0.717) is 10.9 Å².